The minimum atomic E-state index is -3.70. The van der Waals surface area contributed by atoms with Crippen LogP contribution in [0.1, 0.15) is 47.4 Å². The molecule has 1 fully saturated rings. The van der Waals surface area contributed by atoms with E-state index in [1.54, 1.807) is 19.1 Å². The monoisotopic (exact) mass is 531 g/mol. The van der Waals surface area contributed by atoms with E-state index >= 15 is 0 Å². The van der Waals surface area contributed by atoms with Crippen LogP contribution in [-0.4, -0.2) is 62.1 Å². The van der Waals surface area contributed by atoms with E-state index in [1.807, 2.05) is 17.6 Å². The largest absolute Gasteiger partial charge is 0.462 e. The molecule has 0 radical (unpaired) electrons. The van der Waals surface area contributed by atoms with Crippen LogP contribution in [0.4, 0.5) is 0 Å². The summed E-state index contributed by atoms with van der Waals surface area (Å²) in [6.45, 7) is 5.51. The number of nitrogens with zero attached hydrogens (tertiary/aromatic N) is 3. The number of fused-ring (bicyclic) bond motifs is 1. The van der Waals surface area contributed by atoms with Gasteiger partial charge in [-0.25, -0.2) is 13.2 Å². The molecule has 0 aliphatic carbocycles. The third-order valence-corrected chi connectivity index (χ3v) is 8.88. The van der Waals surface area contributed by atoms with Crippen molar-refractivity contribution in [2.24, 2.45) is 4.99 Å². The van der Waals surface area contributed by atoms with Crippen LogP contribution >= 0.6 is 11.3 Å². The number of carbonyl (C=O) groups excluding carboxylic acids is 2. The molecule has 192 valence electrons. The fourth-order valence-corrected chi connectivity index (χ4v) is 6.41. The number of esters is 1. The van der Waals surface area contributed by atoms with Crippen LogP contribution < -0.4 is 4.80 Å². The molecule has 1 aliphatic heterocycles. The third kappa shape index (κ3) is 5.44. The van der Waals surface area contributed by atoms with E-state index in [0.717, 1.165) is 23.1 Å². The molecule has 4 rings (SSSR count). The maximum atomic E-state index is 12.9. The summed E-state index contributed by atoms with van der Waals surface area (Å²) < 4.78 is 40.4. The van der Waals surface area contributed by atoms with Crippen molar-refractivity contribution in [3.05, 3.63) is 58.4 Å². The maximum Gasteiger partial charge on any atom is 0.338 e. The number of rotatable bonds is 8. The Kier molecular flexibility index (Phi) is 8.04. The molecule has 9 nitrogen and oxygen atoms in total. The lowest BCUT2D eigenvalue weighted by atomic mass is 10.2. The lowest BCUT2D eigenvalue weighted by Gasteiger charge is -2.20. The van der Waals surface area contributed by atoms with Gasteiger partial charge in [-0.15, -0.1) is 0 Å². The van der Waals surface area contributed by atoms with Crippen molar-refractivity contribution >= 4 is 43.5 Å². The Hall–Kier alpha value is -2.86. The number of aromatic nitrogens is 1. The molecule has 3 aromatic rings. The number of hydrogen-bond donors (Lipinski definition) is 0. The first kappa shape index (κ1) is 26.2. The van der Waals surface area contributed by atoms with Gasteiger partial charge in [0, 0.05) is 32.3 Å². The van der Waals surface area contributed by atoms with Crippen LogP contribution in [0.25, 0.3) is 10.2 Å². The van der Waals surface area contributed by atoms with Crippen molar-refractivity contribution < 1.29 is 27.5 Å². The van der Waals surface area contributed by atoms with Gasteiger partial charge < -0.3 is 14.0 Å². The SMILES string of the molecule is CCOC(=O)c1ccc2c(c1)sc(=NC(=O)c1ccc(S(=O)(=O)N(C)CC3CCCO3)cc1)n2CC. The molecule has 2 heterocycles. The van der Waals surface area contributed by atoms with Crippen molar-refractivity contribution in [3.63, 3.8) is 0 Å². The highest BCUT2D eigenvalue weighted by molar-refractivity contribution is 7.89. The molecule has 1 saturated heterocycles. The number of aryl methyl sites for hydroxylation is 1. The molecule has 1 amide bonds. The minimum absolute atomic E-state index is 0.0932. The summed E-state index contributed by atoms with van der Waals surface area (Å²) in [4.78, 5) is 29.9. The Morgan fingerprint density at radius 2 is 1.89 bits per heavy atom. The summed E-state index contributed by atoms with van der Waals surface area (Å²) >= 11 is 1.30. The summed E-state index contributed by atoms with van der Waals surface area (Å²) in [6.07, 6.45) is 1.68. The molecule has 0 spiro atoms. The number of hydrogen-bond acceptors (Lipinski definition) is 7. The smallest absolute Gasteiger partial charge is 0.338 e. The summed E-state index contributed by atoms with van der Waals surface area (Å²) in [5.41, 5.74) is 1.58. The number of sulfonamides is 1. The quantitative estimate of drug-likeness (QED) is 0.412. The third-order valence-electron chi connectivity index (χ3n) is 6.00. The van der Waals surface area contributed by atoms with Crippen LogP contribution in [0.5, 0.6) is 0 Å². The van der Waals surface area contributed by atoms with Crippen molar-refractivity contribution in [2.45, 2.75) is 44.2 Å². The van der Waals surface area contributed by atoms with Crippen molar-refractivity contribution in [3.8, 4) is 0 Å². The van der Waals surface area contributed by atoms with Crippen LogP contribution in [0, 0.1) is 0 Å². The highest BCUT2D eigenvalue weighted by Crippen LogP contribution is 2.21. The highest BCUT2D eigenvalue weighted by atomic mass is 32.2. The standard InChI is InChI=1S/C25H29N3O6S2/c1-4-28-21-13-10-18(24(30)33-5-2)15-22(21)35-25(28)26-23(29)17-8-11-20(12-9-17)36(31,32)27(3)16-19-7-6-14-34-19/h8-13,15,19H,4-7,14,16H2,1-3H3. The number of amides is 1. The number of likely N-dealkylation sites (N-methyl/N-ethyl adjacent to an activating group) is 1. The zero-order chi connectivity index (χ0) is 25.9. The molecule has 36 heavy (non-hydrogen) atoms. The first-order valence-electron chi connectivity index (χ1n) is 11.8. The maximum absolute atomic E-state index is 12.9. The average molecular weight is 532 g/mol. The van der Waals surface area contributed by atoms with Gasteiger partial charge in [0.2, 0.25) is 10.0 Å². The summed E-state index contributed by atoms with van der Waals surface area (Å²) in [7, 11) is -2.17. The van der Waals surface area contributed by atoms with Crippen LogP contribution in [0.15, 0.2) is 52.4 Å². The van der Waals surface area contributed by atoms with Gasteiger partial charge in [-0.05, 0) is 69.2 Å². The molecule has 0 N–H and O–H groups in total. The summed E-state index contributed by atoms with van der Waals surface area (Å²) in [5.74, 6) is -0.882. The lowest BCUT2D eigenvalue weighted by molar-refractivity contribution is 0.0526. The van der Waals surface area contributed by atoms with Gasteiger partial charge in [-0.2, -0.15) is 9.30 Å². The average Bonchev–Trinajstić information content (AvgIpc) is 3.50. The second kappa shape index (κ2) is 11.0. The first-order chi connectivity index (χ1) is 17.2. The second-order valence-electron chi connectivity index (χ2n) is 8.39. The van der Waals surface area contributed by atoms with Gasteiger partial charge in [-0.1, -0.05) is 11.3 Å². The molecule has 1 atom stereocenters. The molecule has 2 aromatic carbocycles. The summed E-state index contributed by atoms with van der Waals surface area (Å²) in [5, 5.41) is 0. The molecule has 1 aliphatic rings. The molecule has 11 heteroatoms. The van der Waals surface area contributed by atoms with Gasteiger partial charge in [0.05, 0.1) is 33.4 Å². The van der Waals surface area contributed by atoms with E-state index in [4.69, 9.17) is 9.47 Å². The van der Waals surface area contributed by atoms with E-state index < -0.39 is 21.9 Å². The second-order valence-corrected chi connectivity index (χ2v) is 11.4. The van der Waals surface area contributed by atoms with Gasteiger partial charge >= 0.3 is 5.97 Å². The number of ether oxygens (including phenoxy) is 2. The highest BCUT2D eigenvalue weighted by Gasteiger charge is 2.26. The number of thiazole rings is 1. The molecule has 1 unspecified atom stereocenters. The van der Waals surface area contributed by atoms with Crippen molar-refractivity contribution in [1.29, 1.82) is 0 Å². The van der Waals surface area contributed by atoms with Crippen LogP contribution in [-0.2, 0) is 26.0 Å². The Balaban J connectivity index is 1.58. The van der Waals surface area contributed by atoms with Gasteiger partial charge in [0.1, 0.15) is 0 Å². The summed E-state index contributed by atoms with van der Waals surface area (Å²) in [6, 6.07) is 11.0. The van der Waals surface area contributed by atoms with Gasteiger partial charge in [-0.3, -0.25) is 4.79 Å². The normalized spacial score (nSPS) is 16.7. The van der Waals surface area contributed by atoms with E-state index in [9.17, 15) is 18.0 Å². The van der Waals surface area contributed by atoms with E-state index in [0.29, 0.717) is 30.1 Å². The fraction of sp³-hybridized carbons (Fsp3) is 0.400. The van der Waals surface area contributed by atoms with Crippen LogP contribution in [0.2, 0.25) is 0 Å². The van der Waals surface area contributed by atoms with E-state index in [2.05, 4.69) is 4.99 Å². The predicted octanol–water partition coefficient (Wildman–Crippen LogP) is 3.44. The van der Waals surface area contributed by atoms with Gasteiger partial charge in [0.25, 0.3) is 5.91 Å². The lowest BCUT2D eigenvalue weighted by Crippen LogP contribution is -2.34. The Morgan fingerprint density at radius 1 is 1.17 bits per heavy atom. The topological polar surface area (TPSA) is 107 Å². The molecular weight excluding hydrogens is 502 g/mol. The molecule has 0 bridgehead atoms. The number of carbonyl (C=O) groups is 2. The van der Waals surface area contributed by atoms with Crippen molar-refractivity contribution in [2.75, 3.05) is 26.8 Å². The Labute approximate surface area is 214 Å². The van der Waals surface area contributed by atoms with E-state index in [1.165, 1.54) is 47.0 Å². The zero-order valence-electron chi connectivity index (χ0n) is 20.5. The number of benzene rings is 2. The van der Waals surface area contributed by atoms with Crippen LogP contribution in [0.3, 0.4) is 0 Å². The molecule has 1 aromatic heterocycles. The van der Waals surface area contributed by atoms with Crippen molar-refractivity contribution in [1.82, 2.24) is 8.87 Å². The minimum Gasteiger partial charge on any atom is -0.462 e. The predicted molar refractivity (Wildman–Crippen MR) is 137 cm³/mol. The fourth-order valence-electron chi connectivity index (χ4n) is 4.08. The zero-order valence-corrected chi connectivity index (χ0v) is 22.1. The Morgan fingerprint density at radius 3 is 2.53 bits per heavy atom. The van der Waals surface area contributed by atoms with Gasteiger partial charge in [0.15, 0.2) is 4.80 Å². The molecule has 0 saturated carbocycles. The first-order valence-corrected chi connectivity index (χ1v) is 14.1. The molecular formula is C25H29N3O6S2. The van der Waals surface area contributed by atoms with E-state index in [-0.39, 0.29) is 23.2 Å². The Bertz CT molecular complexity index is 1430.